The Morgan fingerprint density at radius 2 is 1.78 bits per heavy atom. The topological polar surface area (TPSA) is 125 Å². The molecule has 3 atom stereocenters. The summed E-state index contributed by atoms with van der Waals surface area (Å²) in [5.74, 6) is 0.418. The lowest BCUT2D eigenvalue weighted by atomic mass is 9.80. The van der Waals surface area contributed by atoms with E-state index in [0.29, 0.717) is 28.7 Å². The molecule has 1 aliphatic rings. The molecule has 4 aromatic rings. The molecule has 0 bridgehead atoms. The molecule has 2 N–H and O–H groups in total. The Kier molecular flexibility index (Phi) is 8.01. The van der Waals surface area contributed by atoms with Crippen LogP contribution in [0.5, 0.6) is 0 Å². The second-order valence-electron chi connectivity index (χ2n) is 10.8. The van der Waals surface area contributed by atoms with Gasteiger partial charge in [0, 0.05) is 43.1 Å². The van der Waals surface area contributed by atoms with Gasteiger partial charge in [0.1, 0.15) is 11.6 Å². The zero-order valence-corrected chi connectivity index (χ0v) is 23.9. The third kappa shape index (κ3) is 6.36. The summed E-state index contributed by atoms with van der Waals surface area (Å²) in [5, 5.41) is 13.2. The number of halogens is 1. The van der Waals surface area contributed by atoms with E-state index in [2.05, 4.69) is 29.0 Å². The fourth-order valence-electron chi connectivity index (χ4n) is 5.37. The molecular weight excluding hydrogens is 545 g/mol. The van der Waals surface area contributed by atoms with Crippen molar-refractivity contribution < 1.29 is 22.7 Å². The second kappa shape index (κ2) is 11.5. The number of anilines is 1. The third-order valence-electron chi connectivity index (χ3n) is 7.63. The van der Waals surface area contributed by atoms with Crippen molar-refractivity contribution in [1.82, 2.24) is 20.3 Å². The van der Waals surface area contributed by atoms with Crippen molar-refractivity contribution in [2.24, 2.45) is 17.8 Å². The van der Waals surface area contributed by atoms with Crippen LogP contribution in [0.1, 0.15) is 29.9 Å². The fraction of sp³-hybridized carbons (Fsp3) is 0.333. The van der Waals surface area contributed by atoms with Gasteiger partial charge in [0.15, 0.2) is 9.84 Å². The van der Waals surface area contributed by atoms with Crippen LogP contribution in [0.4, 0.5) is 10.2 Å². The minimum absolute atomic E-state index is 0.0410. The van der Waals surface area contributed by atoms with Crippen molar-refractivity contribution in [2.45, 2.75) is 25.3 Å². The molecule has 1 aromatic carbocycles. The van der Waals surface area contributed by atoms with E-state index in [-0.39, 0.29) is 29.5 Å². The fourth-order valence-corrected chi connectivity index (χ4v) is 6.04. The summed E-state index contributed by atoms with van der Waals surface area (Å²) in [7, 11) is -3.68. The number of aromatic nitrogens is 3. The standard InChI is InChI=1S/C30H32FN5O4S/c1-18-15-36(16-19(2)25(18)17-37)29-6-4-5-26(35-29)27-8-7-20-13-32-23(12-28(20)34-27)14-33-30(38)21-9-22(31)11-24(10-21)41(3,39)40/h4-13,18-19,25,37H,14-17H2,1-3H3,(H,33,38)/t18-,19+,25?. The molecule has 0 radical (unpaired) electrons. The number of nitrogens with one attached hydrogen (secondary N) is 1. The van der Waals surface area contributed by atoms with Crippen molar-refractivity contribution in [3.05, 3.63) is 77.9 Å². The van der Waals surface area contributed by atoms with Gasteiger partial charge in [-0.05, 0) is 66.3 Å². The van der Waals surface area contributed by atoms with Crippen LogP contribution in [0.3, 0.4) is 0 Å². The number of aliphatic hydroxyl groups excluding tert-OH is 1. The Morgan fingerprint density at radius 3 is 2.49 bits per heavy atom. The predicted molar refractivity (Wildman–Crippen MR) is 155 cm³/mol. The zero-order chi connectivity index (χ0) is 29.3. The molecule has 214 valence electrons. The summed E-state index contributed by atoms with van der Waals surface area (Å²) >= 11 is 0. The van der Waals surface area contributed by atoms with E-state index >= 15 is 0 Å². The second-order valence-corrected chi connectivity index (χ2v) is 12.8. The van der Waals surface area contributed by atoms with E-state index in [0.717, 1.165) is 54.4 Å². The molecular formula is C30H32FN5O4S. The maximum atomic E-state index is 13.9. The number of fused-ring (bicyclic) bond motifs is 1. The SMILES string of the molecule is C[C@@H]1CN(c2cccc(-c3ccc4cnc(CNC(=O)c5cc(F)cc(S(C)(=O)=O)c5)cc4n3)n2)C[C@H](C)C1CO. The number of hydrogen-bond acceptors (Lipinski definition) is 8. The number of rotatable bonds is 7. The molecule has 0 saturated carbocycles. The lowest BCUT2D eigenvalue weighted by molar-refractivity contribution is 0.0949. The predicted octanol–water partition coefficient (Wildman–Crippen LogP) is 3.87. The summed E-state index contributed by atoms with van der Waals surface area (Å²) in [6.07, 6.45) is 2.62. The van der Waals surface area contributed by atoms with E-state index in [4.69, 9.17) is 9.97 Å². The quantitative estimate of drug-likeness (QED) is 0.339. The number of sulfone groups is 1. The molecule has 1 unspecified atom stereocenters. The number of benzene rings is 1. The number of nitrogens with zero attached hydrogens (tertiary/aromatic N) is 4. The van der Waals surface area contributed by atoms with E-state index in [1.54, 1.807) is 12.3 Å². The molecule has 0 spiro atoms. The van der Waals surface area contributed by atoms with Crippen molar-refractivity contribution in [1.29, 1.82) is 0 Å². The van der Waals surface area contributed by atoms with Crippen LogP contribution < -0.4 is 10.2 Å². The number of pyridine rings is 3. The molecule has 9 nitrogen and oxygen atoms in total. The summed E-state index contributed by atoms with van der Waals surface area (Å²) in [4.78, 5) is 28.7. The van der Waals surface area contributed by atoms with E-state index in [1.165, 1.54) is 0 Å². The average Bonchev–Trinajstić information content (AvgIpc) is 2.94. The first kappa shape index (κ1) is 28.6. The molecule has 5 rings (SSSR count). The molecule has 1 saturated heterocycles. The number of carbonyl (C=O) groups excluding carboxylic acids is 1. The number of amides is 1. The van der Waals surface area contributed by atoms with Crippen molar-refractivity contribution in [3.63, 3.8) is 0 Å². The van der Waals surface area contributed by atoms with Gasteiger partial charge in [0.05, 0.1) is 34.0 Å². The summed E-state index contributed by atoms with van der Waals surface area (Å²) in [6, 6.07) is 14.5. The smallest absolute Gasteiger partial charge is 0.251 e. The lowest BCUT2D eigenvalue weighted by Crippen LogP contribution is -2.46. The monoisotopic (exact) mass is 577 g/mol. The van der Waals surface area contributed by atoms with Gasteiger partial charge in [0.25, 0.3) is 5.91 Å². The van der Waals surface area contributed by atoms with Gasteiger partial charge >= 0.3 is 0 Å². The number of piperidine rings is 1. The zero-order valence-electron chi connectivity index (χ0n) is 23.1. The Morgan fingerprint density at radius 1 is 1.05 bits per heavy atom. The largest absolute Gasteiger partial charge is 0.396 e. The van der Waals surface area contributed by atoms with Crippen LogP contribution in [-0.4, -0.2) is 60.3 Å². The Bertz CT molecular complexity index is 1700. The maximum absolute atomic E-state index is 13.9. The van der Waals surface area contributed by atoms with Crippen molar-refractivity contribution in [2.75, 3.05) is 30.9 Å². The van der Waals surface area contributed by atoms with Crippen LogP contribution >= 0.6 is 0 Å². The number of carbonyl (C=O) groups is 1. The van der Waals surface area contributed by atoms with Gasteiger partial charge < -0.3 is 15.3 Å². The van der Waals surface area contributed by atoms with E-state index in [9.17, 15) is 22.7 Å². The van der Waals surface area contributed by atoms with Gasteiger partial charge in [-0.25, -0.2) is 22.8 Å². The minimum Gasteiger partial charge on any atom is -0.396 e. The molecule has 1 amide bonds. The first-order valence-corrected chi connectivity index (χ1v) is 15.3. The molecule has 4 heterocycles. The third-order valence-corrected chi connectivity index (χ3v) is 8.72. The van der Waals surface area contributed by atoms with Crippen LogP contribution in [0.25, 0.3) is 22.3 Å². The summed E-state index contributed by atoms with van der Waals surface area (Å²) in [5.41, 5.74) is 2.53. The highest BCUT2D eigenvalue weighted by Gasteiger charge is 2.32. The van der Waals surface area contributed by atoms with Crippen LogP contribution in [-0.2, 0) is 16.4 Å². The normalized spacial score (nSPS) is 19.3. The van der Waals surface area contributed by atoms with Gasteiger partial charge in [-0.2, -0.15) is 0 Å². The highest BCUT2D eigenvalue weighted by molar-refractivity contribution is 7.90. The lowest BCUT2D eigenvalue weighted by Gasteiger charge is -2.41. The molecule has 3 aromatic heterocycles. The maximum Gasteiger partial charge on any atom is 0.251 e. The molecule has 0 aliphatic carbocycles. The van der Waals surface area contributed by atoms with Gasteiger partial charge in [-0.1, -0.05) is 19.9 Å². The highest BCUT2D eigenvalue weighted by Crippen LogP contribution is 2.31. The van der Waals surface area contributed by atoms with Gasteiger partial charge in [-0.3, -0.25) is 9.78 Å². The van der Waals surface area contributed by atoms with Crippen LogP contribution in [0.2, 0.25) is 0 Å². The molecule has 1 aliphatic heterocycles. The Hall–Kier alpha value is -3.96. The van der Waals surface area contributed by atoms with E-state index < -0.39 is 21.6 Å². The Balaban J connectivity index is 1.34. The minimum atomic E-state index is -3.68. The first-order chi connectivity index (χ1) is 19.5. The Labute approximate surface area is 238 Å². The van der Waals surface area contributed by atoms with Crippen molar-refractivity contribution >= 4 is 32.5 Å². The van der Waals surface area contributed by atoms with Crippen LogP contribution in [0.15, 0.2) is 65.7 Å². The van der Waals surface area contributed by atoms with E-state index in [1.807, 2.05) is 30.3 Å². The molecule has 41 heavy (non-hydrogen) atoms. The summed E-state index contributed by atoms with van der Waals surface area (Å²) < 4.78 is 37.6. The number of hydrogen-bond donors (Lipinski definition) is 2. The summed E-state index contributed by atoms with van der Waals surface area (Å²) in [6.45, 7) is 6.21. The van der Waals surface area contributed by atoms with Crippen molar-refractivity contribution in [3.8, 4) is 11.4 Å². The number of aliphatic hydroxyl groups is 1. The van der Waals surface area contributed by atoms with Gasteiger partial charge in [-0.15, -0.1) is 0 Å². The first-order valence-electron chi connectivity index (χ1n) is 13.4. The van der Waals surface area contributed by atoms with Gasteiger partial charge in [0.2, 0.25) is 0 Å². The molecule has 1 fully saturated rings. The average molecular weight is 578 g/mol. The van der Waals surface area contributed by atoms with Crippen LogP contribution in [0, 0.1) is 23.6 Å². The molecule has 11 heteroatoms. The highest BCUT2D eigenvalue weighted by atomic mass is 32.2.